The van der Waals surface area contributed by atoms with Gasteiger partial charge in [0, 0.05) is 5.22 Å². The van der Waals surface area contributed by atoms with Crippen molar-refractivity contribution in [1.29, 1.82) is 0 Å². The molecule has 0 aromatic carbocycles. The third-order valence-electron chi connectivity index (χ3n) is 2.57. The second kappa shape index (κ2) is 1.75. The first-order valence-corrected chi connectivity index (χ1v) is 4.78. The zero-order valence-electron chi connectivity index (χ0n) is 6.37. The third kappa shape index (κ3) is 0.732. The van der Waals surface area contributed by atoms with Crippen molar-refractivity contribution in [3.8, 4) is 0 Å². The molecule has 2 unspecified atom stereocenters. The number of hydrogen-bond acceptors (Lipinski definition) is 2. The lowest BCUT2D eigenvalue weighted by molar-refractivity contribution is 1.06. The maximum atomic E-state index is 4.33. The van der Waals surface area contributed by atoms with Gasteiger partial charge in [0.05, 0.1) is 10.2 Å². The molecular formula is C9H9NS. The largest absolute Gasteiger partial charge is 0.197 e. The van der Waals surface area contributed by atoms with Crippen LogP contribution < -0.4 is 9.75 Å². The minimum atomic E-state index is 0.859. The third-order valence-corrected chi connectivity index (χ3v) is 3.49. The molecule has 3 rings (SSSR count). The molecule has 2 heteroatoms. The lowest BCUT2D eigenvalue weighted by atomic mass is 10.1. The first-order chi connectivity index (χ1) is 5.34. The molecule has 0 amide bonds. The molecule has 1 fully saturated rings. The van der Waals surface area contributed by atoms with Crippen LogP contribution in [0.3, 0.4) is 0 Å². The van der Waals surface area contributed by atoms with Crippen molar-refractivity contribution >= 4 is 23.7 Å². The number of fused-ring (bicyclic) bond motifs is 2. The Hall–Kier alpha value is -0.630. The van der Waals surface area contributed by atoms with Gasteiger partial charge in [-0.25, -0.2) is 0 Å². The van der Waals surface area contributed by atoms with E-state index in [4.69, 9.17) is 0 Å². The van der Waals surface area contributed by atoms with Gasteiger partial charge in [0.1, 0.15) is 0 Å². The van der Waals surface area contributed by atoms with E-state index in [0.717, 1.165) is 11.8 Å². The van der Waals surface area contributed by atoms with E-state index in [1.807, 2.05) is 0 Å². The van der Waals surface area contributed by atoms with Gasteiger partial charge in [-0.2, -0.15) is 4.37 Å². The number of aryl methyl sites for hydroxylation is 1. The smallest absolute Gasteiger partial charge is 0.0586 e. The van der Waals surface area contributed by atoms with Crippen molar-refractivity contribution < 1.29 is 0 Å². The van der Waals surface area contributed by atoms with Crippen molar-refractivity contribution in [3.63, 3.8) is 0 Å². The van der Waals surface area contributed by atoms with E-state index >= 15 is 0 Å². The molecule has 11 heavy (non-hydrogen) atoms. The van der Waals surface area contributed by atoms with E-state index in [2.05, 4.69) is 23.4 Å². The summed E-state index contributed by atoms with van der Waals surface area (Å²) in [4.78, 5) is 0. The molecule has 1 aromatic rings. The number of nitrogens with zero attached hydrogens (tertiary/aromatic N) is 1. The van der Waals surface area contributed by atoms with Crippen molar-refractivity contribution in [2.75, 3.05) is 0 Å². The summed E-state index contributed by atoms with van der Waals surface area (Å²) in [7, 11) is 0. The Kier molecular flexibility index (Phi) is 0.946. The molecule has 2 atom stereocenters. The molecular weight excluding hydrogens is 154 g/mol. The molecule has 56 valence electrons. The Bertz CT molecular complexity index is 415. The first kappa shape index (κ1) is 5.95. The maximum Gasteiger partial charge on any atom is 0.0586 e. The predicted molar refractivity (Wildman–Crippen MR) is 46.6 cm³/mol. The van der Waals surface area contributed by atoms with Crippen LogP contribution in [0.1, 0.15) is 12.1 Å². The van der Waals surface area contributed by atoms with E-state index in [9.17, 15) is 0 Å². The van der Waals surface area contributed by atoms with Crippen LogP contribution in [-0.2, 0) is 0 Å². The molecule has 1 heterocycles. The molecule has 1 nitrogen and oxygen atoms in total. The molecule has 0 spiro atoms. The van der Waals surface area contributed by atoms with E-state index in [0.29, 0.717) is 0 Å². The molecule has 0 aliphatic heterocycles. The molecule has 0 saturated heterocycles. The maximum absolute atomic E-state index is 4.33. The number of aromatic nitrogens is 1. The Morgan fingerprint density at radius 3 is 3.18 bits per heavy atom. The molecule has 1 saturated carbocycles. The zero-order chi connectivity index (χ0) is 7.42. The van der Waals surface area contributed by atoms with Gasteiger partial charge >= 0.3 is 0 Å². The topological polar surface area (TPSA) is 12.9 Å². The van der Waals surface area contributed by atoms with E-state index in [1.165, 1.54) is 21.9 Å². The van der Waals surface area contributed by atoms with Crippen LogP contribution in [0.4, 0.5) is 0 Å². The average molecular weight is 163 g/mol. The zero-order valence-corrected chi connectivity index (χ0v) is 7.19. The van der Waals surface area contributed by atoms with Gasteiger partial charge in [-0.05, 0) is 36.7 Å². The molecule has 0 N–H and O–H groups in total. The van der Waals surface area contributed by atoms with Crippen LogP contribution in [0.15, 0.2) is 0 Å². The average Bonchev–Trinajstić information content (AvgIpc) is 2.68. The van der Waals surface area contributed by atoms with Crippen LogP contribution in [0.25, 0.3) is 12.2 Å². The van der Waals surface area contributed by atoms with Crippen LogP contribution in [-0.4, -0.2) is 4.37 Å². The Morgan fingerprint density at radius 1 is 1.45 bits per heavy atom. The molecule has 1 aromatic heterocycles. The second-order valence-electron chi connectivity index (χ2n) is 3.44. The summed E-state index contributed by atoms with van der Waals surface area (Å²) < 4.78 is 5.74. The fraction of sp³-hybridized carbons (Fsp3) is 0.444. The van der Waals surface area contributed by atoms with Gasteiger partial charge in [-0.15, -0.1) is 0 Å². The van der Waals surface area contributed by atoms with Crippen molar-refractivity contribution in [2.24, 2.45) is 11.8 Å². The fourth-order valence-electron chi connectivity index (χ4n) is 1.74. The summed E-state index contributed by atoms with van der Waals surface area (Å²) in [5.41, 5.74) is 1.21. The molecule has 2 aliphatic carbocycles. The summed E-state index contributed by atoms with van der Waals surface area (Å²) >= 11 is 1.65. The van der Waals surface area contributed by atoms with Crippen LogP contribution in [0, 0.1) is 18.8 Å². The van der Waals surface area contributed by atoms with Gasteiger partial charge in [-0.1, -0.05) is 12.2 Å². The minimum absolute atomic E-state index is 0.859. The molecule has 0 radical (unpaired) electrons. The lowest BCUT2D eigenvalue weighted by Gasteiger charge is -1.91. The highest BCUT2D eigenvalue weighted by Gasteiger charge is 2.35. The Balaban J connectivity index is 2.45. The minimum Gasteiger partial charge on any atom is -0.197 e. The normalized spacial score (nSPS) is 31.4. The predicted octanol–water partition coefficient (Wildman–Crippen LogP) is 0.662. The van der Waals surface area contributed by atoms with E-state index in [1.54, 1.807) is 11.5 Å². The summed E-state index contributed by atoms with van der Waals surface area (Å²) in [6, 6.07) is 0. The van der Waals surface area contributed by atoms with Crippen molar-refractivity contribution in [1.82, 2.24) is 4.37 Å². The van der Waals surface area contributed by atoms with E-state index < -0.39 is 0 Å². The van der Waals surface area contributed by atoms with E-state index in [-0.39, 0.29) is 0 Å². The highest BCUT2D eigenvalue weighted by Crippen LogP contribution is 2.41. The Morgan fingerprint density at radius 2 is 2.27 bits per heavy atom. The van der Waals surface area contributed by atoms with Crippen LogP contribution in [0.5, 0.6) is 0 Å². The number of hydrogen-bond donors (Lipinski definition) is 0. The fourth-order valence-corrected chi connectivity index (χ4v) is 2.63. The van der Waals surface area contributed by atoms with Crippen LogP contribution in [0.2, 0.25) is 0 Å². The highest BCUT2D eigenvalue weighted by molar-refractivity contribution is 7.03. The summed E-state index contributed by atoms with van der Waals surface area (Å²) in [5.74, 6) is 1.72. The first-order valence-electron chi connectivity index (χ1n) is 4.00. The Labute approximate surface area is 69.2 Å². The van der Waals surface area contributed by atoms with Crippen LogP contribution >= 0.6 is 11.5 Å². The highest BCUT2D eigenvalue weighted by atomic mass is 32.1. The SMILES string of the molecule is Cc1nsc2c1=CC1CC1C=2. The number of rotatable bonds is 0. The van der Waals surface area contributed by atoms with Gasteiger partial charge in [-0.3, -0.25) is 0 Å². The second-order valence-corrected chi connectivity index (χ2v) is 4.25. The van der Waals surface area contributed by atoms with Gasteiger partial charge < -0.3 is 0 Å². The monoisotopic (exact) mass is 163 g/mol. The van der Waals surface area contributed by atoms with Crippen molar-refractivity contribution in [2.45, 2.75) is 13.3 Å². The summed E-state index contributed by atoms with van der Waals surface area (Å²) in [5, 5.41) is 1.41. The van der Waals surface area contributed by atoms with Crippen molar-refractivity contribution in [3.05, 3.63) is 15.4 Å². The lowest BCUT2D eigenvalue weighted by Crippen LogP contribution is -2.23. The van der Waals surface area contributed by atoms with Gasteiger partial charge in [0.2, 0.25) is 0 Å². The summed E-state index contributed by atoms with van der Waals surface area (Å²) in [6.45, 7) is 2.10. The molecule has 0 bridgehead atoms. The summed E-state index contributed by atoms with van der Waals surface area (Å²) in [6.07, 6.45) is 6.17. The molecule has 2 aliphatic rings. The quantitative estimate of drug-likeness (QED) is 0.547. The standard InChI is InChI=1S/C9H9NS/c1-5-8-3-6-2-7(6)4-9(8)11-10-5/h3-4,6-7H,2H2,1H3. The van der Waals surface area contributed by atoms with Gasteiger partial charge in [0.15, 0.2) is 0 Å². The van der Waals surface area contributed by atoms with Gasteiger partial charge in [0.25, 0.3) is 0 Å².